The number of sulfone groups is 1. The minimum absolute atomic E-state index is 0.258. The highest BCUT2D eigenvalue weighted by molar-refractivity contribution is 7.90. The Morgan fingerprint density at radius 2 is 2.09 bits per heavy atom. The van der Waals surface area contributed by atoms with Gasteiger partial charge >= 0.3 is 0 Å². The molecule has 0 unspecified atom stereocenters. The average Bonchev–Trinajstić information content (AvgIpc) is 3.07. The molecule has 0 fully saturated rings. The Morgan fingerprint density at radius 1 is 1.22 bits per heavy atom. The highest BCUT2D eigenvalue weighted by atomic mass is 32.2. The second-order valence-corrected chi connectivity index (χ2v) is 6.92. The Hall–Kier alpha value is -2.74. The fourth-order valence-electron chi connectivity index (χ4n) is 1.95. The van der Waals surface area contributed by atoms with Crippen LogP contribution in [0.4, 0.5) is 0 Å². The van der Waals surface area contributed by atoms with Crippen molar-refractivity contribution >= 4 is 9.84 Å². The molecule has 23 heavy (non-hydrogen) atoms. The minimum atomic E-state index is -3.22. The number of benzene rings is 1. The Balaban J connectivity index is 1.69. The molecule has 3 aromatic rings. The smallest absolute Gasteiger partial charge is 0.175 e. The van der Waals surface area contributed by atoms with Crippen molar-refractivity contribution in [1.82, 2.24) is 19.7 Å². The van der Waals surface area contributed by atoms with Gasteiger partial charge in [0.15, 0.2) is 15.7 Å². The maximum atomic E-state index is 11.5. The van der Waals surface area contributed by atoms with Gasteiger partial charge in [0.25, 0.3) is 0 Å². The molecule has 0 amide bonds. The van der Waals surface area contributed by atoms with Gasteiger partial charge in [-0.1, -0.05) is 12.1 Å². The first-order valence-electron chi connectivity index (χ1n) is 6.75. The molecule has 0 aliphatic carbocycles. The van der Waals surface area contributed by atoms with Crippen molar-refractivity contribution in [2.45, 2.75) is 11.5 Å². The number of aromatic nitrogens is 4. The van der Waals surface area contributed by atoms with Gasteiger partial charge in [0, 0.05) is 6.26 Å². The molecular weight excluding hydrogens is 316 g/mol. The van der Waals surface area contributed by atoms with Crippen LogP contribution in [0, 0.1) is 0 Å². The van der Waals surface area contributed by atoms with Gasteiger partial charge < -0.3 is 4.74 Å². The van der Waals surface area contributed by atoms with Gasteiger partial charge in [0.05, 0.1) is 11.1 Å². The lowest BCUT2D eigenvalue weighted by Crippen LogP contribution is -2.01. The van der Waals surface area contributed by atoms with Gasteiger partial charge in [-0.05, 0) is 29.8 Å². The van der Waals surface area contributed by atoms with Crippen LogP contribution in [0.15, 0.2) is 60.1 Å². The zero-order valence-electron chi connectivity index (χ0n) is 12.3. The third kappa shape index (κ3) is 3.72. The molecule has 8 heteroatoms. The summed E-state index contributed by atoms with van der Waals surface area (Å²) in [6.07, 6.45) is 5.75. The maximum absolute atomic E-state index is 11.5. The largest absolute Gasteiger partial charge is 0.487 e. The minimum Gasteiger partial charge on any atom is -0.487 e. The Labute approximate surface area is 133 Å². The first-order valence-corrected chi connectivity index (χ1v) is 8.64. The standard InChI is InChI=1S/C15H14N4O3S/c1-23(20,21)14-4-2-3-12(7-14)9-22-13-5-6-15(17-8-13)19-11-16-10-18-19/h2-8,10-11H,9H2,1H3. The van der Waals surface area contributed by atoms with E-state index in [4.69, 9.17) is 4.74 Å². The van der Waals surface area contributed by atoms with Crippen molar-refractivity contribution in [3.63, 3.8) is 0 Å². The maximum Gasteiger partial charge on any atom is 0.175 e. The number of hydrogen-bond acceptors (Lipinski definition) is 6. The van der Waals surface area contributed by atoms with Crippen LogP contribution in [0.3, 0.4) is 0 Å². The second-order valence-electron chi connectivity index (χ2n) is 4.90. The lowest BCUT2D eigenvalue weighted by molar-refractivity contribution is 0.304. The summed E-state index contributed by atoms with van der Waals surface area (Å²) in [6.45, 7) is 0.258. The lowest BCUT2D eigenvalue weighted by Gasteiger charge is -2.08. The molecule has 0 bridgehead atoms. The molecule has 0 aliphatic heterocycles. The Morgan fingerprint density at radius 3 is 2.74 bits per heavy atom. The van der Waals surface area contributed by atoms with Gasteiger partial charge in [0.1, 0.15) is 25.0 Å². The Kier molecular flexibility index (Phi) is 4.07. The first-order chi connectivity index (χ1) is 11.0. The molecule has 0 spiro atoms. The van der Waals surface area contributed by atoms with Crippen molar-refractivity contribution in [3.05, 3.63) is 60.8 Å². The molecule has 0 N–H and O–H groups in total. The van der Waals surface area contributed by atoms with Gasteiger partial charge in [-0.2, -0.15) is 5.10 Å². The highest BCUT2D eigenvalue weighted by Gasteiger charge is 2.07. The number of nitrogens with zero attached hydrogens (tertiary/aromatic N) is 4. The number of pyridine rings is 1. The fourth-order valence-corrected chi connectivity index (χ4v) is 2.64. The molecule has 118 valence electrons. The van der Waals surface area contributed by atoms with Crippen LogP contribution in [0.2, 0.25) is 0 Å². The van der Waals surface area contributed by atoms with E-state index >= 15 is 0 Å². The topological polar surface area (TPSA) is 87.0 Å². The van der Waals surface area contributed by atoms with Gasteiger partial charge in [-0.25, -0.2) is 23.1 Å². The molecule has 0 atom stereocenters. The fraction of sp³-hybridized carbons (Fsp3) is 0.133. The summed E-state index contributed by atoms with van der Waals surface area (Å²) in [7, 11) is -3.22. The zero-order valence-corrected chi connectivity index (χ0v) is 13.1. The van der Waals surface area contributed by atoms with Crippen LogP contribution in [-0.4, -0.2) is 34.4 Å². The second kappa shape index (κ2) is 6.17. The van der Waals surface area contributed by atoms with Crippen molar-refractivity contribution in [3.8, 4) is 11.6 Å². The number of ether oxygens (including phenoxy) is 1. The van der Waals surface area contributed by atoms with Crippen molar-refractivity contribution < 1.29 is 13.2 Å². The van der Waals surface area contributed by atoms with Crippen molar-refractivity contribution in [1.29, 1.82) is 0 Å². The summed E-state index contributed by atoms with van der Waals surface area (Å²) in [4.78, 5) is 8.36. The van der Waals surface area contributed by atoms with Crippen LogP contribution in [0.25, 0.3) is 5.82 Å². The summed E-state index contributed by atoms with van der Waals surface area (Å²) < 4.78 is 30.3. The molecule has 2 heterocycles. The van der Waals surface area contributed by atoms with E-state index in [2.05, 4.69) is 15.1 Å². The summed E-state index contributed by atoms with van der Waals surface area (Å²) >= 11 is 0. The van der Waals surface area contributed by atoms with Gasteiger partial charge in [0.2, 0.25) is 0 Å². The van der Waals surface area contributed by atoms with E-state index in [0.29, 0.717) is 11.6 Å². The summed E-state index contributed by atoms with van der Waals surface area (Å²) in [5.41, 5.74) is 0.772. The van der Waals surface area contributed by atoms with E-state index < -0.39 is 9.84 Å². The molecule has 0 saturated carbocycles. The summed E-state index contributed by atoms with van der Waals surface area (Å²) in [5, 5.41) is 3.99. The van der Waals surface area contributed by atoms with Crippen LogP contribution >= 0.6 is 0 Å². The SMILES string of the molecule is CS(=O)(=O)c1cccc(COc2ccc(-n3cncn3)nc2)c1. The van der Waals surface area contributed by atoms with E-state index in [9.17, 15) is 8.42 Å². The first kappa shape index (κ1) is 15.2. The third-order valence-corrected chi connectivity index (χ3v) is 4.22. The monoisotopic (exact) mass is 330 g/mol. The normalized spacial score (nSPS) is 11.3. The summed E-state index contributed by atoms with van der Waals surface area (Å²) in [5.74, 6) is 1.22. The molecule has 1 aromatic carbocycles. The van der Waals surface area contributed by atoms with Crippen LogP contribution in [-0.2, 0) is 16.4 Å². The van der Waals surface area contributed by atoms with Gasteiger partial charge in [-0.15, -0.1) is 0 Å². The Bertz CT molecular complexity index is 891. The van der Waals surface area contributed by atoms with Crippen LogP contribution in [0.1, 0.15) is 5.56 Å². The van der Waals surface area contributed by atoms with Gasteiger partial charge in [-0.3, -0.25) is 0 Å². The molecule has 7 nitrogen and oxygen atoms in total. The predicted octanol–water partition coefficient (Wildman–Crippen LogP) is 1.64. The molecule has 3 rings (SSSR count). The van der Waals surface area contributed by atoms with Crippen molar-refractivity contribution in [2.75, 3.05) is 6.26 Å². The van der Waals surface area contributed by atoms with Crippen molar-refractivity contribution in [2.24, 2.45) is 0 Å². The lowest BCUT2D eigenvalue weighted by atomic mass is 10.2. The van der Waals surface area contributed by atoms with E-state index in [1.807, 2.05) is 6.07 Å². The highest BCUT2D eigenvalue weighted by Crippen LogP contribution is 2.16. The molecule has 0 radical (unpaired) electrons. The van der Waals surface area contributed by atoms with E-state index in [1.165, 1.54) is 12.6 Å². The van der Waals surface area contributed by atoms with E-state index in [1.54, 1.807) is 47.5 Å². The average molecular weight is 330 g/mol. The van der Waals surface area contributed by atoms with Crippen LogP contribution in [0.5, 0.6) is 5.75 Å². The van der Waals surface area contributed by atoms with E-state index in [-0.39, 0.29) is 11.5 Å². The molecule has 0 saturated heterocycles. The predicted molar refractivity (Wildman–Crippen MR) is 83.0 cm³/mol. The van der Waals surface area contributed by atoms with Crippen LogP contribution < -0.4 is 4.74 Å². The number of rotatable bonds is 5. The quantitative estimate of drug-likeness (QED) is 0.707. The molecule has 2 aromatic heterocycles. The summed E-state index contributed by atoms with van der Waals surface area (Å²) in [6, 6.07) is 10.2. The molecule has 0 aliphatic rings. The number of hydrogen-bond donors (Lipinski definition) is 0. The molecular formula is C15H14N4O3S. The zero-order chi connectivity index (χ0) is 16.3. The third-order valence-electron chi connectivity index (χ3n) is 3.11. The van der Waals surface area contributed by atoms with E-state index in [0.717, 1.165) is 5.56 Å².